The van der Waals surface area contributed by atoms with Crippen molar-refractivity contribution in [3.8, 4) is 11.4 Å². The molecule has 0 aliphatic heterocycles. The summed E-state index contributed by atoms with van der Waals surface area (Å²) in [6, 6.07) is 7.67. The van der Waals surface area contributed by atoms with Gasteiger partial charge in [-0.15, -0.1) is 0 Å². The number of aliphatic hydroxyl groups excluding tert-OH is 1. The number of aryl methyl sites for hydroxylation is 2. The molecule has 3 aromatic rings. The Morgan fingerprint density at radius 2 is 2.30 bits per heavy atom. The Labute approximate surface area is 156 Å². The topological polar surface area (TPSA) is 106 Å². The lowest BCUT2D eigenvalue weighted by Crippen LogP contribution is -2.29. The number of carbonyl (C=O) groups is 1. The van der Waals surface area contributed by atoms with Crippen molar-refractivity contribution in [3.63, 3.8) is 0 Å². The minimum Gasteiger partial charge on any atom is -0.394 e. The minimum absolute atomic E-state index is 0.0458. The third-order valence-corrected chi connectivity index (χ3v) is 4.82. The molecule has 0 saturated carbocycles. The van der Waals surface area contributed by atoms with E-state index in [0.717, 1.165) is 24.0 Å². The van der Waals surface area contributed by atoms with E-state index in [1.54, 1.807) is 12.3 Å². The summed E-state index contributed by atoms with van der Waals surface area (Å²) in [6.45, 7) is 2.21. The molecule has 1 aromatic carbocycles. The highest BCUT2D eigenvalue weighted by molar-refractivity contribution is 5.92. The molecule has 0 unspecified atom stereocenters. The number of aromatic nitrogens is 4. The van der Waals surface area contributed by atoms with Gasteiger partial charge in [-0.25, -0.2) is 0 Å². The Morgan fingerprint density at radius 3 is 3.07 bits per heavy atom. The molecule has 4 rings (SSSR count). The highest BCUT2D eigenvalue weighted by Gasteiger charge is 2.26. The van der Waals surface area contributed by atoms with Crippen LogP contribution in [0.1, 0.15) is 46.9 Å². The summed E-state index contributed by atoms with van der Waals surface area (Å²) in [4.78, 5) is 17.0. The molecule has 140 valence electrons. The average molecular weight is 367 g/mol. The first-order chi connectivity index (χ1) is 13.2. The van der Waals surface area contributed by atoms with Gasteiger partial charge in [0.2, 0.25) is 11.7 Å². The summed E-state index contributed by atoms with van der Waals surface area (Å²) in [5, 5.41) is 20.3. The molecule has 1 amide bonds. The van der Waals surface area contributed by atoms with Crippen LogP contribution >= 0.6 is 0 Å². The predicted molar refractivity (Wildman–Crippen MR) is 97.0 cm³/mol. The number of nitrogens with zero attached hydrogens (tertiary/aromatic N) is 4. The van der Waals surface area contributed by atoms with Crippen molar-refractivity contribution in [1.82, 2.24) is 25.2 Å². The quantitative estimate of drug-likeness (QED) is 0.689. The monoisotopic (exact) mass is 367 g/mol. The molecule has 1 aliphatic rings. The van der Waals surface area contributed by atoms with Crippen molar-refractivity contribution in [1.29, 1.82) is 0 Å². The lowest BCUT2D eigenvalue weighted by molar-refractivity contribution is 0.0924. The van der Waals surface area contributed by atoms with E-state index in [9.17, 15) is 4.79 Å². The summed E-state index contributed by atoms with van der Waals surface area (Å²) in [6.07, 6.45) is 3.99. The van der Waals surface area contributed by atoms with E-state index in [0.29, 0.717) is 30.4 Å². The molecule has 8 nitrogen and oxygen atoms in total. The van der Waals surface area contributed by atoms with E-state index in [2.05, 4.69) is 26.6 Å². The number of benzene rings is 1. The molecule has 8 heteroatoms. The smallest absolute Gasteiger partial charge is 0.270 e. The van der Waals surface area contributed by atoms with Gasteiger partial charge in [-0.1, -0.05) is 24.2 Å². The molecular formula is C19H21N5O3. The summed E-state index contributed by atoms with van der Waals surface area (Å²) in [7, 11) is 0. The van der Waals surface area contributed by atoms with E-state index in [1.807, 2.05) is 19.1 Å². The number of amides is 1. The van der Waals surface area contributed by atoms with E-state index >= 15 is 0 Å². The van der Waals surface area contributed by atoms with Crippen LogP contribution in [0.15, 0.2) is 35.0 Å². The molecule has 0 fully saturated rings. The van der Waals surface area contributed by atoms with Crippen LogP contribution in [0.5, 0.6) is 0 Å². The van der Waals surface area contributed by atoms with Crippen LogP contribution in [-0.4, -0.2) is 37.5 Å². The Morgan fingerprint density at radius 1 is 1.41 bits per heavy atom. The van der Waals surface area contributed by atoms with Gasteiger partial charge in [-0.2, -0.15) is 10.1 Å². The van der Waals surface area contributed by atoms with E-state index in [-0.39, 0.29) is 18.6 Å². The predicted octanol–water partition coefficient (Wildman–Crippen LogP) is 1.91. The fourth-order valence-electron chi connectivity index (χ4n) is 3.45. The molecular weight excluding hydrogens is 346 g/mol. The Balaban J connectivity index is 1.52. The molecule has 2 heterocycles. The molecule has 2 N–H and O–H groups in total. The fourth-order valence-corrected chi connectivity index (χ4v) is 3.45. The van der Waals surface area contributed by atoms with E-state index < -0.39 is 0 Å². The van der Waals surface area contributed by atoms with Gasteiger partial charge in [-0.3, -0.25) is 9.48 Å². The molecule has 1 atom stereocenters. The molecule has 0 spiro atoms. The van der Waals surface area contributed by atoms with Crippen molar-refractivity contribution >= 4 is 5.91 Å². The summed E-state index contributed by atoms with van der Waals surface area (Å²) < 4.78 is 6.70. The molecule has 0 saturated heterocycles. The number of hydrogen-bond donors (Lipinski definition) is 2. The third kappa shape index (κ3) is 3.35. The number of carbonyl (C=O) groups excluding carboxylic acids is 1. The molecule has 2 aromatic heterocycles. The van der Waals surface area contributed by atoms with Crippen LogP contribution in [-0.2, 0) is 19.4 Å². The summed E-state index contributed by atoms with van der Waals surface area (Å²) in [5.41, 5.74) is 3.67. The van der Waals surface area contributed by atoms with Crippen LogP contribution < -0.4 is 5.32 Å². The zero-order valence-electron chi connectivity index (χ0n) is 15.1. The standard InChI is InChI=1S/C19H21N5O3/c1-2-17-22-18(23-27-17)13-3-5-14-12(11-13)4-6-15(14)21-19(26)16-7-8-20-24(16)9-10-25/h3,5,7-8,11,15,25H,2,4,6,9-10H2,1H3,(H,21,26)/t15-/m1/s1. The summed E-state index contributed by atoms with van der Waals surface area (Å²) in [5.74, 6) is 1.03. The molecule has 0 bridgehead atoms. The number of fused-ring (bicyclic) bond motifs is 1. The highest BCUT2D eigenvalue weighted by Crippen LogP contribution is 2.34. The maximum atomic E-state index is 12.6. The van der Waals surface area contributed by atoms with Gasteiger partial charge >= 0.3 is 0 Å². The zero-order chi connectivity index (χ0) is 18.8. The Bertz CT molecular complexity index is 962. The molecule has 0 radical (unpaired) electrons. The normalized spacial score (nSPS) is 15.7. The van der Waals surface area contributed by atoms with Gasteiger partial charge < -0.3 is 14.9 Å². The van der Waals surface area contributed by atoms with E-state index in [4.69, 9.17) is 9.63 Å². The first kappa shape index (κ1) is 17.4. The minimum atomic E-state index is -0.186. The van der Waals surface area contributed by atoms with Gasteiger partial charge in [0.15, 0.2) is 0 Å². The fraction of sp³-hybridized carbons (Fsp3) is 0.368. The number of hydrogen-bond acceptors (Lipinski definition) is 6. The number of nitrogens with one attached hydrogen (secondary N) is 1. The Hall–Kier alpha value is -3.00. The largest absolute Gasteiger partial charge is 0.394 e. The maximum Gasteiger partial charge on any atom is 0.270 e. The second-order valence-electron chi connectivity index (χ2n) is 6.51. The van der Waals surface area contributed by atoms with Crippen molar-refractivity contribution in [2.75, 3.05) is 6.61 Å². The Kier molecular flexibility index (Phi) is 4.72. The van der Waals surface area contributed by atoms with Gasteiger partial charge in [-0.05, 0) is 36.1 Å². The van der Waals surface area contributed by atoms with Crippen LogP contribution in [0.2, 0.25) is 0 Å². The van der Waals surface area contributed by atoms with Crippen molar-refractivity contribution in [3.05, 3.63) is 53.2 Å². The third-order valence-electron chi connectivity index (χ3n) is 4.82. The second-order valence-corrected chi connectivity index (χ2v) is 6.51. The zero-order valence-corrected chi connectivity index (χ0v) is 15.1. The first-order valence-electron chi connectivity index (χ1n) is 9.09. The number of rotatable bonds is 6. The van der Waals surface area contributed by atoms with E-state index in [1.165, 1.54) is 10.2 Å². The maximum absolute atomic E-state index is 12.6. The van der Waals surface area contributed by atoms with Gasteiger partial charge in [0.1, 0.15) is 5.69 Å². The lowest BCUT2D eigenvalue weighted by Gasteiger charge is -2.15. The van der Waals surface area contributed by atoms with Crippen molar-refractivity contribution < 1.29 is 14.4 Å². The SMILES string of the molecule is CCc1nc(-c2ccc3c(c2)CC[C@H]3NC(=O)c2ccnn2CCO)no1. The molecule has 1 aliphatic carbocycles. The highest BCUT2D eigenvalue weighted by atomic mass is 16.5. The van der Waals surface area contributed by atoms with Crippen LogP contribution in [0.4, 0.5) is 0 Å². The lowest BCUT2D eigenvalue weighted by atomic mass is 10.0. The van der Waals surface area contributed by atoms with Crippen LogP contribution in [0.3, 0.4) is 0 Å². The number of aliphatic hydroxyl groups is 1. The average Bonchev–Trinajstić information content (AvgIpc) is 3.41. The van der Waals surface area contributed by atoms with Gasteiger partial charge in [0, 0.05) is 18.2 Å². The summed E-state index contributed by atoms with van der Waals surface area (Å²) >= 11 is 0. The second kappa shape index (κ2) is 7.32. The molecule has 27 heavy (non-hydrogen) atoms. The van der Waals surface area contributed by atoms with Gasteiger partial charge in [0.05, 0.1) is 19.2 Å². The van der Waals surface area contributed by atoms with Crippen LogP contribution in [0.25, 0.3) is 11.4 Å². The van der Waals surface area contributed by atoms with Crippen molar-refractivity contribution in [2.24, 2.45) is 0 Å². The van der Waals surface area contributed by atoms with Gasteiger partial charge in [0.25, 0.3) is 5.91 Å². The first-order valence-corrected chi connectivity index (χ1v) is 9.09. The van der Waals surface area contributed by atoms with Crippen molar-refractivity contribution in [2.45, 2.75) is 38.8 Å². The van der Waals surface area contributed by atoms with Crippen LogP contribution in [0, 0.1) is 0 Å².